The van der Waals surface area contributed by atoms with Gasteiger partial charge in [-0.3, -0.25) is 9.59 Å². The quantitative estimate of drug-likeness (QED) is 0.656. The van der Waals surface area contributed by atoms with E-state index in [0.717, 1.165) is 25.7 Å². The molecule has 0 radical (unpaired) electrons. The van der Waals surface area contributed by atoms with Gasteiger partial charge in [0, 0.05) is 24.2 Å². The average molecular weight is 428 g/mol. The molecule has 0 aromatic heterocycles. The van der Waals surface area contributed by atoms with Crippen molar-refractivity contribution < 1.29 is 9.59 Å². The fourth-order valence-electron chi connectivity index (χ4n) is 4.42. The van der Waals surface area contributed by atoms with Crippen LogP contribution in [0.1, 0.15) is 56.3 Å². The Hall–Kier alpha value is -1.30. The van der Waals surface area contributed by atoms with Crippen molar-refractivity contribution in [2.45, 2.75) is 52.0 Å². The minimum Gasteiger partial charge on any atom is -0.352 e. The van der Waals surface area contributed by atoms with Gasteiger partial charge in [-0.1, -0.05) is 31.9 Å². The van der Waals surface area contributed by atoms with Crippen LogP contribution in [0.4, 0.5) is 5.69 Å². The van der Waals surface area contributed by atoms with Crippen LogP contribution in [0.25, 0.3) is 0 Å². The number of amides is 2. The average Bonchev–Trinajstić information content (AvgIpc) is 2.59. The van der Waals surface area contributed by atoms with Gasteiger partial charge in [0.1, 0.15) is 0 Å². The number of fused-ring (bicyclic) bond motifs is 2. The highest BCUT2D eigenvalue weighted by Crippen LogP contribution is 2.42. The lowest BCUT2D eigenvalue weighted by Crippen LogP contribution is -2.48. The molecule has 2 unspecified atom stereocenters. The van der Waals surface area contributed by atoms with Crippen LogP contribution >= 0.6 is 24.0 Å². The monoisotopic (exact) mass is 427 g/mol. The molecule has 5 nitrogen and oxygen atoms in total. The number of halogens is 2. The van der Waals surface area contributed by atoms with E-state index in [0.29, 0.717) is 40.6 Å². The van der Waals surface area contributed by atoms with Crippen molar-refractivity contribution in [3.8, 4) is 0 Å². The van der Waals surface area contributed by atoms with Gasteiger partial charge in [0.15, 0.2) is 0 Å². The van der Waals surface area contributed by atoms with Crippen LogP contribution in [0.5, 0.6) is 0 Å². The maximum absolute atomic E-state index is 12.7. The van der Waals surface area contributed by atoms with Gasteiger partial charge in [-0.25, -0.2) is 0 Å². The molecular weight excluding hydrogens is 397 g/mol. The molecule has 2 aliphatic carbocycles. The Labute approximate surface area is 178 Å². The third kappa shape index (κ3) is 5.40. The van der Waals surface area contributed by atoms with E-state index in [1.807, 2.05) is 13.8 Å². The highest BCUT2D eigenvalue weighted by Gasteiger charge is 2.40. The molecule has 4 N–H and O–H groups in total. The molecule has 2 amide bonds. The van der Waals surface area contributed by atoms with Gasteiger partial charge < -0.3 is 16.4 Å². The number of hydrogen-bond donors (Lipinski definition) is 3. The third-order valence-electron chi connectivity index (χ3n) is 5.94. The second-order valence-electron chi connectivity index (χ2n) is 8.48. The smallest absolute Gasteiger partial charge is 0.252 e. The number of nitrogens with one attached hydrogen (secondary N) is 2. The molecule has 7 heteroatoms. The Bertz CT molecular complexity index is 697. The number of carbonyl (C=O) groups excluding carboxylic acids is 2. The number of benzene rings is 1. The molecule has 2 bridgehead atoms. The van der Waals surface area contributed by atoms with Crippen LogP contribution in [-0.4, -0.2) is 24.4 Å². The van der Waals surface area contributed by atoms with E-state index in [-0.39, 0.29) is 36.2 Å². The minimum atomic E-state index is -0.194. The summed E-state index contributed by atoms with van der Waals surface area (Å²) in [7, 11) is 0. The van der Waals surface area contributed by atoms with Crippen molar-refractivity contribution in [1.29, 1.82) is 0 Å². The predicted molar refractivity (Wildman–Crippen MR) is 116 cm³/mol. The maximum Gasteiger partial charge on any atom is 0.252 e. The van der Waals surface area contributed by atoms with Crippen molar-refractivity contribution in [2.24, 2.45) is 29.4 Å². The van der Waals surface area contributed by atoms with Gasteiger partial charge in [0.25, 0.3) is 5.91 Å². The van der Waals surface area contributed by atoms with E-state index in [1.165, 1.54) is 6.42 Å². The Morgan fingerprint density at radius 3 is 2.43 bits per heavy atom. The molecule has 2 saturated carbocycles. The lowest BCUT2D eigenvalue weighted by Gasteiger charge is -2.43. The Morgan fingerprint density at radius 1 is 1.21 bits per heavy atom. The number of nitrogens with two attached hydrogens (primary N) is 1. The van der Waals surface area contributed by atoms with E-state index >= 15 is 0 Å². The van der Waals surface area contributed by atoms with Crippen LogP contribution in [0.3, 0.4) is 0 Å². The molecule has 0 aliphatic heterocycles. The van der Waals surface area contributed by atoms with Crippen molar-refractivity contribution in [3.05, 3.63) is 28.8 Å². The first-order valence-corrected chi connectivity index (χ1v) is 10.4. The first kappa shape index (κ1) is 23.0. The normalized spacial score (nSPS) is 26.3. The third-order valence-corrected chi connectivity index (χ3v) is 6.25. The largest absolute Gasteiger partial charge is 0.352 e. The number of anilines is 1. The summed E-state index contributed by atoms with van der Waals surface area (Å²) in [5.74, 6) is 1.14. The van der Waals surface area contributed by atoms with E-state index in [4.69, 9.17) is 17.3 Å². The molecule has 3 rings (SSSR count). The second-order valence-corrected chi connectivity index (χ2v) is 8.89. The van der Waals surface area contributed by atoms with Gasteiger partial charge in [-0.15, -0.1) is 12.4 Å². The van der Waals surface area contributed by atoms with Gasteiger partial charge in [-0.2, -0.15) is 0 Å². The van der Waals surface area contributed by atoms with Crippen molar-refractivity contribution in [1.82, 2.24) is 5.32 Å². The zero-order chi connectivity index (χ0) is 19.6. The van der Waals surface area contributed by atoms with Crippen LogP contribution in [0.15, 0.2) is 18.2 Å². The summed E-state index contributed by atoms with van der Waals surface area (Å²) in [6.07, 6.45) is 5.23. The van der Waals surface area contributed by atoms with Crippen LogP contribution in [0, 0.1) is 23.7 Å². The second kappa shape index (κ2) is 9.95. The standard InChI is InChI=1S/C21H30ClN3O2.ClH/c1-12(2)11-24-21(27)17-7-6-16(10-18(17)22)25-20(26)15-8-13-4-3-5-14(9-15)19(13)23;/h6-7,10,12-15,19H,3-5,8-9,11,23H2,1-2H3,(H,24,27)(H,25,26);1H. The number of rotatable bonds is 5. The fraction of sp³-hybridized carbons (Fsp3) is 0.619. The van der Waals surface area contributed by atoms with Crippen LogP contribution in [-0.2, 0) is 4.79 Å². The Balaban J connectivity index is 0.00000280. The Kier molecular flexibility index (Phi) is 8.17. The van der Waals surface area contributed by atoms with Gasteiger partial charge >= 0.3 is 0 Å². The van der Waals surface area contributed by atoms with E-state index in [2.05, 4.69) is 10.6 Å². The lowest BCUT2D eigenvalue weighted by atomic mass is 9.65. The number of hydrogen-bond acceptors (Lipinski definition) is 3. The summed E-state index contributed by atoms with van der Waals surface area (Å²) in [6.45, 7) is 4.67. The lowest BCUT2D eigenvalue weighted by molar-refractivity contribution is -0.122. The summed E-state index contributed by atoms with van der Waals surface area (Å²) in [6, 6.07) is 5.31. The first-order chi connectivity index (χ1) is 12.8. The summed E-state index contributed by atoms with van der Waals surface area (Å²) < 4.78 is 0. The first-order valence-electron chi connectivity index (χ1n) is 9.99. The maximum atomic E-state index is 12.7. The molecule has 2 atom stereocenters. The molecule has 28 heavy (non-hydrogen) atoms. The van der Waals surface area contributed by atoms with Crippen molar-refractivity contribution in [3.63, 3.8) is 0 Å². The highest BCUT2D eigenvalue weighted by molar-refractivity contribution is 6.34. The van der Waals surface area contributed by atoms with E-state index < -0.39 is 0 Å². The van der Waals surface area contributed by atoms with Gasteiger partial charge in [0.05, 0.1) is 10.6 Å². The highest BCUT2D eigenvalue weighted by atomic mass is 35.5. The molecule has 0 saturated heterocycles. The summed E-state index contributed by atoms with van der Waals surface area (Å²) in [5.41, 5.74) is 7.37. The van der Waals surface area contributed by atoms with Crippen LogP contribution < -0.4 is 16.4 Å². The minimum absolute atomic E-state index is 0. The summed E-state index contributed by atoms with van der Waals surface area (Å²) in [5, 5.41) is 6.18. The van der Waals surface area contributed by atoms with E-state index in [9.17, 15) is 9.59 Å². The Morgan fingerprint density at radius 2 is 1.86 bits per heavy atom. The summed E-state index contributed by atoms with van der Waals surface area (Å²) >= 11 is 6.28. The van der Waals surface area contributed by atoms with Crippen LogP contribution in [0.2, 0.25) is 5.02 Å². The zero-order valence-electron chi connectivity index (χ0n) is 16.5. The molecular formula is C21H31Cl2N3O2. The van der Waals surface area contributed by atoms with E-state index in [1.54, 1.807) is 18.2 Å². The molecule has 2 fully saturated rings. The fourth-order valence-corrected chi connectivity index (χ4v) is 4.68. The van der Waals surface area contributed by atoms with Crippen molar-refractivity contribution >= 4 is 41.5 Å². The molecule has 1 aromatic carbocycles. The van der Waals surface area contributed by atoms with Crippen molar-refractivity contribution in [2.75, 3.05) is 11.9 Å². The van der Waals surface area contributed by atoms with Gasteiger partial charge in [0.2, 0.25) is 5.91 Å². The summed E-state index contributed by atoms with van der Waals surface area (Å²) in [4.78, 5) is 24.9. The molecule has 2 aliphatic rings. The molecule has 0 spiro atoms. The number of carbonyl (C=O) groups is 2. The topological polar surface area (TPSA) is 84.2 Å². The zero-order valence-corrected chi connectivity index (χ0v) is 18.1. The molecule has 0 heterocycles. The SMILES string of the molecule is CC(C)CNC(=O)c1ccc(NC(=O)C2CC3CCCC(C2)C3N)cc1Cl.Cl. The van der Waals surface area contributed by atoms with Gasteiger partial charge in [-0.05, 0) is 61.6 Å². The molecule has 156 valence electrons. The predicted octanol–water partition coefficient (Wildman–Crippen LogP) is 4.24. The molecule has 1 aromatic rings.